The molecule has 1 aromatic heterocycles. The first-order valence-corrected chi connectivity index (χ1v) is 12.1. The lowest BCUT2D eigenvalue weighted by atomic mass is 10.1. The number of ketones is 2. The summed E-state index contributed by atoms with van der Waals surface area (Å²) in [5, 5.41) is 0. The molecule has 0 saturated carbocycles. The highest BCUT2D eigenvalue weighted by Gasteiger charge is 2.26. The number of piperazine rings is 1. The number of aromatic nitrogens is 2. The van der Waals surface area contributed by atoms with Crippen molar-refractivity contribution in [3.8, 4) is 0 Å². The normalized spacial score (nSPS) is 14.1. The van der Waals surface area contributed by atoms with Gasteiger partial charge in [0.2, 0.25) is 0 Å². The van der Waals surface area contributed by atoms with E-state index in [0.717, 1.165) is 15.8 Å². The van der Waals surface area contributed by atoms with E-state index in [2.05, 4.69) is 4.90 Å². The fourth-order valence-corrected chi connectivity index (χ4v) is 4.53. The Morgan fingerprint density at radius 1 is 0.889 bits per heavy atom. The first-order valence-electron chi connectivity index (χ1n) is 12.1. The van der Waals surface area contributed by atoms with E-state index >= 15 is 0 Å². The van der Waals surface area contributed by atoms with Gasteiger partial charge in [-0.2, -0.15) is 0 Å². The average Bonchev–Trinajstić information content (AvgIpc) is 2.88. The van der Waals surface area contributed by atoms with Gasteiger partial charge in [-0.05, 0) is 43.7 Å². The third-order valence-electron chi connectivity index (χ3n) is 6.62. The van der Waals surface area contributed by atoms with Gasteiger partial charge in [-0.15, -0.1) is 0 Å². The summed E-state index contributed by atoms with van der Waals surface area (Å²) in [6, 6.07) is 16.8. The number of nitrogens with zero attached hydrogens (tertiary/aromatic N) is 4. The van der Waals surface area contributed by atoms with Gasteiger partial charge in [0.05, 0.1) is 13.1 Å². The van der Waals surface area contributed by atoms with Crippen LogP contribution in [0, 0.1) is 0 Å². The van der Waals surface area contributed by atoms with Crippen LogP contribution in [0.1, 0.15) is 40.1 Å². The van der Waals surface area contributed by atoms with E-state index in [9.17, 15) is 19.2 Å². The maximum atomic E-state index is 13.3. The molecule has 0 spiro atoms. The number of carbonyl (C=O) groups excluding carboxylic acids is 2. The van der Waals surface area contributed by atoms with E-state index in [0.29, 0.717) is 31.7 Å². The van der Waals surface area contributed by atoms with Crippen molar-refractivity contribution in [1.29, 1.82) is 0 Å². The fourth-order valence-electron chi connectivity index (χ4n) is 4.53. The van der Waals surface area contributed by atoms with Crippen molar-refractivity contribution in [2.24, 2.45) is 0 Å². The molecule has 4 rings (SSSR count). The van der Waals surface area contributed by atoms with Crippen LogP contribution in [0.15, 0.2) is 64.2 Å². The topological polar surface area (TPSA) is 111 Å². The lowest BCUT2D eigenvalue weighted by Crippen LogP contribution is -2.49. The maximum Gasteiger partial charge on any atom is 0.332 e. The highest BCUT2D eigenvalue weighted by molar-refractivity contribution is 6.01. The van der Waals surface area contributed by atoms with Crippen molar-refractivity contribution in [3.63, 3.8) is 0 Å². The maximum absolute atomic E-state index is 13.3. The number of hydrogen-bond acceptors (Lipinski definition) is 7. The molecule has 2 aromatic carbocycles. The summed E-state index contributed by atoms with van der Waals surface area (Å²) in [7, 11) is 0. The second-order valence-corrected chi connectivity index (χ2v) is 8.95. The Balaban J connectivity index is 1.50. The smallest absolute Gasteiger partial charge is 0.332 e. The Bertz CT molecular complexity index is 1370. The van der Waals surface area contributed by atoms with E-state index in [1.165, 1.54) is 4.57 Å². The summed E-state index contributed by atoms with van der Waals surface area (Å²) in [4.78, 5) is 55.0. The van der Waals surface area contributed by atoms with Crippen molar-refractivity contribution in [1.82, 2.24) is 14.0 Å². The SMILES string of the molecule is CCn1c(=O)c(C(=O)CN2CCN(c3ccc(C(C)=O)cc3)CC2)c(N)n(Cc2ccccc2)c1=O. The molecule has 0 bridgehead atoms. The zero-order valence-corrected chi connectivity index (χ0v) is 20.6. The highest BCUT2D eigenvalue weighted by Crippen LogP contribution is 2.18. The number of hydrogen-bond donors (Lipinski definition) is 1. The second-order valence-electron chi connectivity index (χ2n) is 8.95. The summed E-state index contributed by atoms with van der Waals surface area (Å²) in [5.41, 5.74) is 7.52. The molecule has 0 aliphatic carbocycles. The first-order chi connectivity index (χ1) is 17.3. The molecule has 0 unspecified atom stereocenters. The van der Waals surface area contributed by atoms with Gasteiger partial charge < -0.3 is 10.6 Å². The number of rotatable bonds is 8. The van der Waals surface area contributed by atoms with Crippen molar-refractivity contribution >= 4 is 23.1 Å². The Labute approximate surface area is 209 Å². The van der Waals surface area contributed by atoms with Crippen LogP contribution < -0.4 is 21.9 Å². The molecule has 1 aliphatic heterocycles. The molecule has 9 heteroatoms. The summed E-state index contributed by atoms with van der Waals surface area (Å²) in [6.45, 7) is 6.27. The Kier molecular flexibility index (Phi) is 7.49. The third-order valence-corrected chi connectivity index (χ3v) is 6.62. The fraction of sp³-hybridized carbons (Fsp3) is 0.333. The standard InChI is InChI=1S/C27H31N5O4/c1-3-31-26(35)24(25(28)32(27(31)36)17-20-7-5-4-6-8-20)23(34)18-29-13-15-30(16-14-29)22-11-9-21(10-12-22)19(2)33/h4-12H,3,13-18,28H2,1-2H3. The van der Waals surface area contributed by atoms with Crippen LogP contribution in [-0.2, 0) is 13.1 Å². The molecule has 0 atom stereocenters. The Morgan fingerprint density at radius 3 is 2.11 bits per heavy atom. The number of Topliss-reactive ketones (excluding diaryl/α,β-unsaturated/α-hetero) is 2. The molecule has 2 heterocycles. The Hall–Kier alpha value is -3.98. The van der Waals surface area contributed by atoms with Gasteiger partial charge in [0.25, 0.3) is 5.56 Å². The van der Waals surface area contributed by atoms with Crippen LogP contribution in [0.4, 0.5) is 11.5 Å². The van der Waals surface area contributed by atoms with E-state index in [-0.39, 0.29) is 42.6 Å². The van der Waals surface area contributed by atoms with Crippen LogP contribution in [0.3, 0.4) is 0 Å². The van der Waals surface area contributed by atoms with Gasteiger partial charge >= 0.3 is 5.69 Å². The van der Waals surface area contributed by atoms with E-state index < -0.39 is 11.2 Å². The Morgan fingerprint density at radius 2 is 1.53 bits per heavy atom. The van der Waals surface area contributed by atoms with E-state index in [1.807, 2.05) is 59.5 Å². The van der Waals surface area contributed by atoms with Crippen molar-refractivity contribution in [3.05, 3.63) is 92.1 Å². The van der Waals surface area contributed by atoms with Gasteiger partial charge in [-0.3, -0.25) is 28.4 Å². The van der Waals surface area contributed by atoms with Crippen LogP contribution >= 0.6 is 0 Å². The third kappa shape index (κ3) is 5.16. The molecule has 36 heavy (non-hydrogen) atoms. The number of anilines is 2. The lowest BCUT2D eigenvalue weighted by Gasteiger charge is -2.35. The molecular weight excluding hydrogens is 458 g/mol. The number of nitrogen functional groups attached to an aromatic ring is 1. The molecule has 1 aliphatic rings. The van der Waals surface area contributed by atoms with Gasteiger partial charge in [-0.1, -0.05) is 30.3 Å². The minimum atomic E-state index is -0.640. The molecule has 3 aromatic rings. The monoisotopic (exact) mass is 489 g/mol. The van der Waals surface area contributed by atoms with Crippen molar-refractivity contribution in [2.45, 2.75) is 26.9 Å². The summed E-state index contributed by atoms with van der Waals surface area (Å²) >= 11 is 0. The van der Waals surface area contributed by atoms with Crippen LogP contribution in [0.25, 0.3) is 0 Å². The first kappa shape index (κ1) is 25.1. The average molecular weight is 490 g/mol. The quantitative estimate of drug-likeness (QED) is 0.481. The second kappa shape index (κ2) is 10.7. The molecule has 9 nitrogen and oxygen atoms in total. The number of carbonyl (C=O) groups is 2. The summed E-state index contributed by atoms with van der Waals surface area (Å²) in [6.07, 6.45) is 0. The molecular formula is C27H31N5O4. The molecule has 1 saturated heterocycles. The predicted octanol–water partition coefficient (Wildman–Crippen LogP) is 1.87. The molecule has 0 radical (unpaired) electrons. The van der Waals surface area contributed by atoms with Crippen LogP contribution in [0.2, 0.25) is 0 Å². The summed E-state index contributed by atoms with van der Waals surface area (Å²) in [5.74, 6) is -0.449. The molecule has 2 N–H and O–H groups in total. The van der Waals surface area contributed by atoms with Crippen molar-refractivity contribution in [2.75, 3.05) is 43.4 Å². The zero-order valence-electron chi connectivity index (χ0n) is 20.6. The molecule has 188 valence electrons. The van der Waals surface area contributed by atoms with Gasteiger partial charge in [0.15, 0.2) is 11.6 Å². The van der Waals surface area contributed by atoms with Gasteiger partial charge in [-0.25, -0.2) is 4.79 Å². The zero-order chi connectivity index (χ0) is 25.8. The minimum Gasteiger partial charge on any atom is -0.384 e. The van der Waals surface area contributed by atoms with Crippen LogP contribution in [0.5, 0.6) is 0 Å². The largest absolute Gasteiger partial charge is 0.384 e. The number of nitrogens with two attached hydrogens (primary N) is 1. The number of benzene rings is 2. The van der Waals surface area contributed by atoms with Crippen molar-refractivity contribution < 1.29 is 9.59 Å². The van der Waals surface area contributed by atoms with Crippen LogP contribution in [-0.4, -0.2) is 58.3 Å². The van der Waals surface area contributed by atoms with Gasteiger partial charge in [0, 0.05) is 44.0 Å². The lowest BCUT2D eigenvalue weighted by molar-refractivity contribution is 0.0923. The van der Waals surface area contributed by atoms with E-state index in [4.69, 9.17) is 5.73 Å². The highest BCUT2D eigenvalue weighted by atomic mass is 16.2. The predicted molar refractivity (Wildman–Crippen MR) is 140 cm³/mol. The van der Waals surface area contributed by atoms with E-state index in [1.54, 1.807) is 13.8 Å². The minimum absolute atomic E-state index is 0.0291. The molecule has 0 amide bonds. The summed E-state index contributed by atoms with van der Waals surface area (Å²) < 4.78 is 2.37. The van der Waals surface area contributed by atoms with Gasteiger partial charge in [0.1, 0.15) is 11.4 Å². The molecule has 1 fully saturated rings.